The molecule has 2 aromatic rings. The third-order valence-corrected chi connectivity index (χ3v) is 3.47. The zero-order chi connectivity index (χ0) is 16.8. The molecule has 0 unspecified atom stereocenters. The van der Waals surface area contributed by atoms with Crippen LogP contribution in [0.1, 0.15) is 25.5 Å². The molecular formula is C18H20FNO3. The average molecular weight is 317 g/mol. The first kappa shape index (κ1) is 16.8. The molecule has 0 radical (unpaired) electrons. The lowest BCUT2D eigenvalue weighted by Crippen LogP contribution is -2.37. The largest absolute Gasteiger partial charge is 0.497 e. The summed E-state index contributed by atoms with van der Waals surface area (Å²) in [6, 6.07) is 12.9. The third kappa shape index (κ3) is 4.71. The van der Waals surface area contributed by atoms with E-state index in [1.807, 2.05) is 31.2 Å². The lowest BCUT2D eigenvalue weighted by Gasteiger charge is -2.19. The van der Waals surface area contributed by atoms with Crippen molar-refractivity contribution in [3.63, 3.8) is 0 Å². The molecular weight excluding hydrogens is 297 g/mol. The predicted molar refractivity (Wildman–Crippen MR) is 86.0 cm³/mol. The van der Waals surface area contributed by atoms with Gasteiger partial charge in [0, 0.05) is 0 Å². The second-order valence-electron chi connectivity index (χ2n) is 5.22. The summed E-state index contributed by atoms with van der Waals surface area (Å²) >= 11 is 0. The predicted octanol–water partition coefficient (Wildman–Crippen LogP) is 3.48. The highest BCUT2D eigenvalue weighted by molar-refractivity contribution is 5.81. The summed E-state index contributed by atoms with van der Waals surface area (Å²) in [7, 11) is 1.61. The van der Waals surface area contributed by atoms with Crippen molar-refractivity contribution in [2.75, 3.05) is 7.11 Å². The van der Waals surface area contributed by atoms with E-state index in [4.69, 9.17) is 9.47 Å². The first-order valence-corrected chi connectivity index (χ1v) is 7.36. The zero-order valence-electron chi connectivity index (χ0n) is 13.4. The number of benzene rings is 2. The third-order valence-electron chi connectivity index (χ3n) is 3.47. The Bertz CT molecular complexity index is 640. The number of hydrogen-bond acceptors (Lipinski definition) is 3. The van der Waals surface area contributed by atoms with Gasteiger partial charge in [-0.05, 0) is 55.8 Å². The summed E-state index contributed by atoms with van der Waals surface area (Å²) < 4.78 is 23.5. The van der Waals surface area contributed by atoms with Crippen LogP contribution < -0.4 is 14.8 Å². The molecule has 1 N–H and O–H groups in total. The molecule has 0 spiro atoms. The van der Waals surface area contributed by atoms with E-state index in [0.717, 1.165) is 11.3 Å². The van der Waals surface area contributed by atoms with Crippen molar-refractivity contribution in [2.45, 2.75) is 26.0 Å². The van der Waals surface area contributed by atoms with E-state index in [1.165, 1.54) is 24.3 Å². The molecule has 5 heteroatoms. The number of halogens is 1. The van der Waals surface area contributed by atoms with E-state index in [0.29, 0.717) is 5.75 Å². The van der Waals surface area contributed by atoms with Crippen molar-refractivity contribution < 1.29 is 18.7 Å². The van der Waals surface area contributed by atoms with Crippen LogP contribution in [0, 0.1) is 5.82 Å². The van der Waals surface area contributed by atoms with Gasteiger partial charge in [0.15, 0.2) is 6.10 Å². The summed E-state index contributed by atoms with van der Waals surface area (Å²) in [6.07, 6.45) is -0.679. The SMILES string of the molecule is COc1ccc([C@@H](C)NC(=O)[C@H](C)Oc2ccc(F)cc2)cc1. The van der Waals surface area contributed by atoms with Crippen molar-refractivity contribution in [3.05, 3.63) is 59.9 Å². The summed E-state index contributed by atoms with van der Waals surface area (Å²) in [4.78, 5) is 12.2. The molecule has 0 aliphatic rings. The first-order valence-electron chi connectivity index (χ1n) is 7.36. The van der Waals surface area contributed by atoms with Crippen molar-refractivity contribution in [3.8, 4) is 11.5 Å². The Morgan fingerprint density at radius 1 is 1.00 bits per heavy atom. The van der Waals surface area contributed by atoms with E-state index >= 15 is 0 Å². The molecule has 0 saturated heterocycles. The van der Waals surface area contributed by atoms with Crippen molar-refractivity contribution in [1.29, 1.82) is 0 Å². The normalized spacial score (nSPS) is 13.0. The molecule has 0 fully saturated rings. The lowest BCUT2D eigenvalue weighted by atomic mass is 10.1. The maximum Gasteiger partial charge on any atom is 0.261 e. The minimum Gasteiger partial charge on any atom is -0.497 e. The number of carbonyl (C=O) groups is 1. The maximum absolute atomic E-state index is 12.9. The summed E-state index contributed by atoms with van der Waals surface area (Å²) in [6.45, 7) is 3.55. The highest BCUT2D eigenvalue weighted by Gasteiger charge is 2.17. The molecule has 0 aliphatic heterocycles. The molecule has 0 bridgehead atoms. The Morgan fingerprint density at radius 3 is 2.13 bits per heavy atom. The van der Waals surface area contributed by atoms with Crippen LogP contribution in [0.5, 0.6) is 11.5 Å². The van der Waals surface area contributed by atoms with E-state index in [1.54, 1.807) is 14.0 Å². The molecule has 4 nitrogen and oxygen atoms in total. The molecule has 122 valence electrons. The summed E-state index contributed by atoms with van der Waals surface area (Å²) in [5, 5.41) is 2.89. The maximum atomic E-state index is 12.9. The fourth-order valence-electron chi connectivity index (χ4n) is 2.08. The second-order valence-corrected chi connectivity index (χ2v) is 5.22. The van der Waals surface area contributed by atoms with Crippen molar-refractivity contribution >= 4 is 5.91 Å². The first-order chi connectivity index (χ1) is 11.0. The Balaban J connectivity index is 1.92. The second kappa shape index (κ2) is 7.63. The standard InChI is InChI=1S/C18H20FNO3/c1-12(14-4-8-16(22-3)9-5-14)20-18(21)13(2)23-17-10-6-15(19)7-11-17/h4-13H,1-3H3,(H,20,21)/t12-,13+/m1/s1. The fraction of sp³-hybridized carbons (Fsp3) is 0.278. The van der Waals surface area contributed by atoms with Gasteiger partial charge in [0.05, 0.1) is 13.2 Å². The Morgan fingerprint density at radius 2 is 1.57 bits per heavy atom. The van der Waals surface area contributed by atoms with Gasteiger partial charge in [0.1, 0.15) is 17.3 Å². The van der Waals surface area contributed by atoms with Gasteiger partial charge in [-0.3, -0.25) is 4.79 Å². The van der Waals surface area contributed by atoms with Gasteiger partial charge >= 0.3 is 0 Å². The van der Waals surface area contributed by atoms with Gasteiger partial charge in [-0.1, -0.05) is 12.1 Å². The minimum atomic E-state index is -0.679. The lowest BCUT2D eigenvalue weighted by molar-refractivity contribution is -0.127. The molecule has 0 aromatic heterocycles. The van der Waals surface area contributed by atoms with Gasteiger partial charge < -0.3 is 14.8 Å². The van der Waals surface area contributed by atoms with E-state index < -0.39 is 6.10 Å². The number of rotatable bonds is 6. The Kier molecular flexibility index (Phi) is 5.57. The minimum absolute atomic E-state index is 0.160. The Labute approximate surface area is 135 Å². The van der Waals surface area contributed by atoms with Crippen molar-refractivity contribution in [1.82, 2.24) is 5.32 Å². The number of methoxy groups -OCH3 is 1. The molecule has 2 rings (SSSR count). The molecule has 2 aromatic carbocycles. The molecule has 2 atom stereocenters. The topological polar surface area (TPSA) is 47.6 Å². The van der Waals surface area contributed by atoms with E-state index in [-0.39, 0.29) is 17.8 Å². The highest BCUT2D eigenvalue weighted by Crippen LogP contribution is 2.18. The number of carbonyl (C=O) groups excluding carboxylic acids is 1. The van der Waals surface area contributed by atoms with Gasteiger partial charge in [0.25, 0.3) is 5.91 Å². The monoisotopic (exact) mass is 317 g/mol. The molecule has 23 heavy (non-hydrogen) atoms. The van der Waals surface area contributed by atoms with Crippen LogP contribution in [0.3, 0.4) is 0 Å². The Hall–Kier alpha value is -2.56. The van der Waals surface area contributed by atoms with Gasteiger partial charge in [0.2, 0.25) is 0 Å². The van der Waals surface area contributed by atoms with Gasteiger partial charge in [-0.2, -0.15) is 0 Å². The molecule has 1 amide bonds. The zero-order valence-corrected chi connectivity index (χ0v) is 13.4. The quantitative estimate of drug-likeness (QED) is 0.887. The average Bonchev–Trinajstić information content (AvgIpc) is 2.56. The van der Waals surface area contributed by atoms with Crippen LogP contribution >= 0.6 is 0 Å². The number of nitrogens with one attached hydrogen (secondary N) is 1. The van der Waals surface area contributed by atoms with Crippen LogP contribution in [-0.4, -0.2) is 19.1 Å². The molecule has 0 heterocycles. The van der Waals surface area contributed by atoms with Gasteiger partial charge in [-0.15, -0.1) is 0 Å². The fourth-order valence-corrected chi connectivity index (χ4v) is 2.08. The van der Waals surface area contributed by atoms with Crippen LogP contribution in [0.2, 0.25) is 0 Å². The summed E-state index contributed by atoms with van der Waals surface area (Å²) in [5.41, 5.74) is 0.966. The van der Waals surface area contributed by atoms with Crippen LogP contribution in [0.25, 0.3) is 0 Å². The van der Waals surface area contributed by atoms with Crippen LogP contribution in [-0.2, 0) is 4.79 Å². The van der Waals surface area contributed by atoms with Crippen LogP contribution in [0.15, 0.2) is 48.5 Å². The van der Waals surface area contributed by atoms with E-state index in [9.17, 15) is 9.18 Å². The van der Waals surface area contributed by atoms with Crippen molar-refractivity contribution in [2.24, 2.45) is 0 Å². The van der Waals surface area contributed by atoms with E-state index in [2.05, 4.69) is 5.32 Å². The smallest absolute Gasteiger partial charge is 0.261 e. The van der Waals surface area contributed by atoms with Crippen LogP contribution in [0.4, 0.5) is 4.39 Å². The highest BCUT2D eigenvalue weighted by atomic mass is 19.1. The number of amides is 1. The molecule has 0 aliphatic carbocycles. The number of ether oxygens (including phenoxy) is 2. The number of hydrogen-bond donors (Lipinski definition) is 1. The summed E-state index contributed by atoms with van der Waals surface area (Å²) in [5.74, 6) is 0.631. The molecule has 0 saturated carbocycles. The van der Waals surface area contributed by atoms with Gasteiger partial charge in [-0.25, -0.2) is 4.39 Å².